The molecule has 1 saturated heterocycles. The summed E-state index contributed by atoms with van der Waals surface area (Å²) in [6, 6.07) is 2.42. The Kier molecular flexibility index (Phi) is 6.70. The summed E-state index contributed by atoms with van der Waals surface area (Å²) in [5.41, 5.74) is -0.0576. The Hall–Kier alpha value is -2.47. The molecule has 31 heavy (non-hydrogen) atoms. The SMILES string of the molecule is C=C(C)[C@H](Cc1c(O)cc2oc(C)cc(=O)c2c1O)O[C@@H]1O[C@H](CO)[C@@H](O)[C@H](O)[C@H]1O. The fourth-order valence-corrected chi connectivity index (χ4v) is 3.52. The zero-order valence-electron chi connectivity index (χ0n) is 17.1. The summed E-state index contributed by atoms with van der Waals surface area (Å²) in [6.07, 6.45) is -8.50. The van der Waals surface area contributed by atoms with E-state index >= 15 is 0 Å². The highest BCUT2D eigenvalue weighted by molar-refractivity contribution is 5.86. The first kappa shape index (κ1) is 23.2. The molecule has 1 aromatic carbocycles. The van der Waals surface area contributed by atoms with Crippen LogP contribution < -0.4 is 5.43 Å². The molecular formula is C21H26O10. The first-order chi connectivity index (χ1) is 14.5. The van der Waals surface area contributed by atoms with E-state index in [9.17, 15) is 35.4 Å². The lowest BCUT2D eigenvalue weighted by molar-refractivity contribution is -0.308. The maximum atomic E-state index is 12.3. The fraction of sp³-hybridized carbons (Fsp3) is 0.476. The lowest BCUT2D eigenvalue weighted by Crippen LogP contribution is -2.59. The average Bonchev–Trinajstić information content (AvgIpc) is 2.69. The number of phenols is 2. The van der Waals surface area contributed by atoms with Gasteiger partial charge in [0.25, 0.3) is 0 Å². The molecule has 6 N–H and O–H groups in total. The van der Waals surface area contributed by atoms with Crippen LogP contribution in [-0.2, 0) is 15.9 Å². The number of hydrogen-bond acceptors (Lipinski definition) is 10. The Labute approximate surface area is 177 Å². The van der Waals surface area contributed by atoms with Crippen LogP contribution in [0.4, 0.5) is 0 Å². The van der Waals surface area contributed by atoms with Gasteiger partial charge in [0.15, 0.2) is 11.7 Å². The second kappa shape index (κ2) is 8.95. The van der Waals surface area contributed by atoms with Crippen molar-refractivity contribution < 1.29 is 44.5 Å². The zero-order chi connectivity index (χ0) is 23.0. The number of aryl methyl sites for hydroxylation is 1. The largest absolute Gasteiger partial charge is 0.507 e. The third-order valence-electron chi connectivity index (χ3n) is 5.28. The van der Waals surface area contributed by atoms with E-state index in [1.165, 1.54) is 12.1 Å². The lowest BCUT2D eigenvalue weighted by Gasteiger charge is -2.41. The highest BCUT2D eigenvalue weighted by Crippen LogP contribution is 2.36. The summed E-state index contributed by atoms with van der Waals surface area (Å²) in [5.74, 6) is -0.510. The van der Waals surface area contributed by atoms with Gasteiger partial charge >= 0.3 is 0 Å². The molecule has 0 radical (unpaired) electrons. The van der Waals surface area contributed by atoms with E-state index in [1.54, 1.807) is 13.8 Å². The quantitative estimate of drug-likeness (QED) is 0.332. The minimum atomic E-state index is -1.63. The van der Waals surface area contributed by atoms with Crippen molar-refractivity contribution >= 4 is 11.0 Å². The van der Waals surface area contributed by atoms with E-state index in [0.29, 0.717) is 11.3 Å². The lowest BCUT2D eigenvalue weighted by atomic mass is 9.97. The smallest absolute Gasteiger partial charge is 0.196 e. The van der Waals surface area contributed by atoms with Crippen molar-refractivity contribution in [2.24, 2.45) is 0 Å². The molecule has 0 unspecified atom stereocenters. The minimum Gasteiger partial charge on any atom is -0.507 e. The molecule has 170 valence electrons. The Bertz CT molecular complexity index is 1030. The van der Waals surface area contributed by atoms with Gasteiger partial charge in [-0.05, 0) is 13.8 Å². The van der Waals surface area contributed by atoms with E-state index in [0.717, 1.165) is 0 Å². The first-order valence-electron chi connectivity index (χ1n) is 9.64. The van der Waals surface area contributed by atoms with E-state index < -0.39 is 54.6 Å². The van der Waals surface area contributed by atoms with Crippen LogP contribution in [-0.4, -0.2) is 74.1 Å². The van der Waals surface area contributed by atoms with Crippen molar-refractivity contribution in [2.45, 2.75) is 57.1 Å². The Balaban J connectivity index is 1.93. The second-order valence-electron chi connectivity index (χ2n) is 7.69. The third-order valence-corrected chi connectivity index (χ3v) is 5.28. The van der Waals surface area contributed by atoms with Crippen LogP contribution in [0.5, 0.6) is 11.5 Å². The van der Waals surface area contributed by atoms with Gasteiger partial charge in [-0.3, -0.25) is 4.79 Å². The van der Waals surface area contributed by atoms with Crippen LogP contribution in [0, 0.1) is 6.92 Å². The Morgan fingerprint density at radius 3 is 2.48 bits per heavy atom. The van der Waals surface area contributed by atoms with Gasteiger partial charge in [0, 0.05) is 24.1 Å². The predicted molar refractivity (Wildman–Crippen MR) is 108 cm³/mol. The monoisotopic (exact) mass is 438 g/mol. The number of ether oxygens (including phenoxy) is 2. The molecule has 3 rings (SSSR count). The van der Waals surface area contributed by atoms with Crippen LogP contribution in [0.15, 0.2) is 33.5 Å². The summed E-state index contributed by atoms with van der Waals surface area (Å²) in [4.78, 5) is 12.3. The number of aromatic hydroxyl groups is 2. The van der Waals surface area contributed by atoms with Crippen LogP contribution >= 0.6 is 0 Å². The van der Waals surface area contributed by atoms with Crippen molar-refractivity contribution in [3.05, 3.63) is 45.8 Å². The number of fused-ring (bicyclic) bond motifs is 1. The molecule has 1 aliphatic heterocycles. The number of aliphatic hydroxyl groups is 4. The molecule has 0 bridgehead atoms. The van der Waals surface area contributed by atoms with Crippen LogP contribution in [0.2, 0.25) is 0 Å². The molecule has 10 nitrogen and oxygen atoms in total. The molecule has 6 atom stereocenters. The van der Waals surface area contributed by atoms with Crippen molar-refractivity contribution in [1.29, 1.82) is 0 Å². The fourth-order valence-electron chi connectivity index (χ4n) is 3.52. The zero-order valence-corrected chi connectivity index (χ0v) is 17.1. The molecule has 1 aromatic heterocycles. The molecule has 0 spiro atoms. The van der Waals surface area contributed by atoms with Gasteiger partial charge in [-0.1, -0.05) is 12.2 Å². The number of aliphatic hydroxyl groups excluding tert-OH is 4. The van der Waals surface area contributed by atoms with Crippen molar-refractivity contribution in [3.63, 3.8) is 0 Å². The van der Waals surface area contributed by atoms with Gasteiger partial charge in [-0.25, -0.2) is 0 Å². The predicted octanol–water partition coefficient (Wildman–Crippen LogP) is -0.184. The molecule has 1 aliphatic rings. The van der Waals surface area contributed by atoms with Crippen molar-refractivity contribution in [1.82, 2.24) is 0 Å². The van der Waals surface area contributed by atoms with Crippen molar-refractivity contribution in [2.75, 3.05) is 6.61 Å². The van der Waals surface area contributed by atoms with Gasteiger partial charge in [0.1, 0.15) is 52.6 Å². The van der Waals surface area contributed by atoms with Gasteiger partial charge in [0.05, 0.1) is 12.7 Å². The molecule has 1 fully saturated rings. The number of benzene rings is 1. The standard InChI is InChI=1S/C21H26O10/c1-8(2)13(30-21-20(28)19(27)18(26)15(7-22)31-21)5-10-11(23)6-14-16(17(10)25)12(24)4-9(3)29-14/h4,6,13,15,18-23,25-28H,1,5,7H2,2-3H3/t13-,15+,18+,19-,20+,21+/m0/s1. The van der Waals surface area contributed by atoms with Gasteiger partial charge in [0.2, 0.25) is 0 Å². The average molecular weight is 438 g/mol. The van der Waals surface area contributed by atoms with E-state index in [2.05, 4.69) is 6.58 Å². The third kappa shape index (κ3) is 4.45. The highest BCUT2D eigenvalue weighted by Gasteiger charge is 2.45. The topological polar surface area (TPSA) is 170 Å². The van der Waals surface area contributed by atoms with E-state index in [1.807, 2.05) is 0 Å². The molecule has 2 heterocycles. The Morgan fingerprint density at radius 2 is 1.87 bits per heavy atom. The second-order valence-corrected chi connectivity index (χ2v) is 7.69. The summed E-state index contributed by atoms with van der Waals surface area (Å²) in [5, 5.41) is 60.4. The van der Waals surface area contributed by atoms with Crippen LogP contribution in [0.1, 0.15) is 18.2 Å². The summed E-state index contributed by atoms with van der Waals surface area (Å²) >= 11 is 0. The number of hydrogen-bond donors (Lipinski definition) is 6. The molecule has 0 aliphatic carbocycles. The highest BCUT2D eigenvalue weighted by atomic mass is 16.7. The molecule has 0 amide bonds. The maximum Gasteiger partial charge on any atom is 0.196 e. The van der Waals surface area contributed by atoms with Crippen LogP contribution in [0.3, 0.4) is 0 Å². The van der Waals surface area contributed by atoms with E-state index in [4.69, 9.17) is 13.9 Å². The maximum absolute atomic E-state index is 12.3. The first-order valence-corrected chi connectivity index (χ1v) is 9.64. The summed E-state index contributed by atoms with van der Waals surface area (Å²) < 4.78 is 16.5. The summed E-state index contributed by atoms with van der Waals surface area (Å²) in [6.45, 7) is 6.34. The molecule has 10 heteroatoms. The Morgan fingerprint density at radius 1 is 1.19 bits per heavy atom. The minimum absolute atomic E-state index is 0.0127. The molecule has 0 saturated carbocycles. The summed E-state index contributed by atoms with van der Waals surface area (Å²) in [7, 11) is 0. The van der Waals surface area contributed by atoms with Gasteiger partial charge in [-0.15, -0.1) is 0 Å². The molecule has 2 aromatic rings. The van der Waals surface area contributed by atoms with E-state index in [-0.39, 0.29) is 28.7 Å². The van der Waals surface area contributed by atoms with Gasteiger partial charge in [-0.2, -0.15) is 0 Å². The van der Waals surface area contributed by atoms with Gasteiger partial charge < -0.3 is 44.5 Å². The normalized spacial score (nSPS) is 27.4. The number of rotatable bonds is 6. The number of phenolic OH excluding ortho intramolecular Hbond substituents is 2. The van der Waals surface area contributed by atoms with Crippen molar-refractivity contribution in [3.8, 4) is 11.5 Å². The molecular weight excluding hydrogens is 412 g/mol. The van der Waals surface area contributed by atoms with Crippen LogP contribution in [0.25, 0.3) is 11.0 Å².